The highest BCUT2D eigenvalue weighted by Crippen LogP contribution is 2.31. The van der Waals surface area contributed by atoms with Crippen molar-refractivity contribution >= 4 is 37.9 Å². The van der Waals surface area contributed by atoms with Crippen molar-refractivity contribution in [2.45, 2.75) is 29.4 Å². The van der Waals surface area contributed by atoms with Gasteiger partial charge in [-0.05, 0) is 48.7 Å². The van der Waals surface area contributed by atoms with Crippen LogP contribution in [0.1, 0.15) is 24.1 Å². The summed E-state index contributed by atoms with van der Waals surface area (Å²) < 4.78 is 65.9. The van der Waals surface area contributed by atoms with Crippen LogP contribution in [0, 0.1) is 17.5 Å². The van der Waals surface area contributed by atoms with Crippen LogP contribution in [0.4, 0.5) is 18.3 Å². The summed E-state index contributed by atoms with van der Waals surface area (Å²) in [6, 6.07) is 6.84. The molecule has 0 spiro atoms. The van der Waals surface area contributed by atoms with Gasteiger partial charge in [-0.15, -0.1) is 11.3 Å². The zero-order valence-electron chi connectivity index (χ0n) is 16.2. The van der Waals surface area contributed by atoms with E-state index in [-0.39, 0.29) is 9.92 Å². The molecule has 0 bridgehead atoms. The lowest BCUT2D eigenvalue weighted by Gasteiger charge is -2.31. The number of rotatable bonds is 5. The summed E-state index contributed by atoms with van der Waals surface area (Å²) in [6.45, 7) is 1.00. The second-order valence-electron chi connectivity index (χ2n) is 7.38. The molecule has 1 aromatic heterocycles. The van der Waals surface area contributed by atoms with Crippen molar-refractivity contribution in [1.82, 2.24) is 4.98 Å². The summed E-state index contributed by atoms with van der Waals surface area (Å²) in [7, 11) is -3.62. The maximum absolute atomic E-state index is 13.4. The van der Waals surface area contributed by atoms with Crippen LogP contribution in [0.15, 0.2) is 46.7 Å². The molecule has 4 rings (SSSR count). The van der Waals surface area contributed by atoms with E-state index in [1.807, 2.05) is 10.3 Å². The number of piperidine rings is 1. The summed E-state index contributed by atoms with van der Waals surface area (Å²) in [6.07, 6.45) is 1.12. The fourth-order valence-corrected chi connectivity index (χ4v) is 6.53. The minimum atomic E-state index is -3.62. The number of benzene rings is 2. The molecule has 2 heterocycles. The van der Waals surface area contributed by atoms with E-state index in [0.29, 0.717) is 43.6 Å². The molecule has 0 amide bonds. The first-order valence-corrected chi connectivity index (χ1v) is 12.4. The molecule has 10 heteroatoms. The van der Waals surface area contributed by atoms with E-state index in [0.717, 1.165) is 23.3 Å². The molecule has 0 aliphatic carbocycles. The number of aromatic nitrogens is 1. The Morgan fingerprint density at radius 3 is 2.39 bits per heavy atom. The van der Waals surface area contributed by atoms with Crippen molar-refractivity contribution in [2.75, 3.05) is 18.0 Å². The normalized spacial score (nSPS) is 15.4. The molecular weight excluding hydrogens is 469 g/mol. The number of anilines is 1. The summed E-state index contributed by atoms with van der Waals surface area (Å²) in [4.78, 5) is 6.57. The van der Waals surface area contributed by atoms with E-state index in [1.165, 1.54) is 29.5 Å². The first-order chi connectivity index (χ1) is 14.7. The Morgan fingerprint density at radius 1 is 1.06 bits per heavy atom. The van der Waals surface area contributed by atoms with Crippen molar-refractivity contribution < 1.29 is 21.6 Å². The van der Waals surface area contributed by atoms with E-state index < -0.39 is 32.5 Å². The van der Waals surface area contributed by atoms with E-state index in [4.69, 9.17) is 11.6 Å². The lowest BCUT2D eigenvalue weighted by atomic mass is 10.1. The first-order valence-electron chi connectivity index (χ1n) is 9.55. The van der Waals surface area contributed by atoms with Crippen molar-refractivity contribution in [3.8, 4) is 0 Å². The molecule has 2 aromatic carbocycles. The molecule has 0 radical (unpaired) electrons. The maximum atomic E-state index is 13.4. The standard InChI is InChI=1S/C21H18ClF3N2O2S2/c22-19-11-18(1-2-20(19)25)31(28,29)17-3-5-27(6-4-17)21-26-16(12-30-21)9-13-7-14(23)10-15(24)8-13/h1-2,7-8,10-12,17H,3-6,9H2. The quantitative estimate of drug-likeness (QED) is 0.462. The van der Waals surface area contributed by atoms with Gasteiger partial charge in [0.05, 0.1) is 20.9 Å². The predicted molar refractivity (Wildman–Crippen MR) is 115 cm³/mol. The third-order valence-electron chi connectivity index (χ3n) is 5.22. The number of thiazole rings is 1. The zero-order chi connectivity index (χ0) is 22.2. The Balaban J connectivity index is 1.41. The summed E-state index contributed by atoms with van der Waals surface area (Å²) in [5.74, 6) is -1.91. The average molecular weight is 487 g/mol. The van der Waals surface area contributed by atoms with E-state index in [1.54, 1.807) is 0 Å². The van der Waals surface area contributed by atoms with Gasteiger partial charge in [-0.25, -0.2) is 26.6 Å². The van der Waals surface area contributed by atoms with E-state index >= 15 is 0 Å². The minimum absolute atomic E-state index is 0.0243. The van der Waals surface area contributed by atoms with Gasteiger partial charge >= 0.3 is 0 Å². The highest BCUT2D eigenvalue weighted by molar-refractivity contribution is 7.92. The first kappa shape index (κ1) is 22.1. The van der Waals surface area contributed by atoms with Crippen LogP contribution in [0.25, 0.3) is 0 Å². The summed E-state index contributed by atoms with van der Waals surface area (Å²) in [5.41, 5.74) is 1.19. The molecule has 1 aliphatic rings. The van der Waals surface area contributed by atoms with Gasteiger partial charge in [0.2, 0.25) is 0 Å². The Hall–Kier alpha value is -2.10. The number of sulfone groups is 1. The molecule has 4 nitrogen and oxygen atoms in total. The molecular formula is C21H18ClF3N2O2S2. The minimum Gasteiger partial charge on any atom is -0.348 e. The molecule has 31 heavy (non-hydrogen) atoms. The van der Waals surface area contributed by atoms with Gasteiger partial charge in [0, 0.05) is 31.0 Å². The third kappa shape index (κ3) is 4.88. The second kappa shape index (κ2) is 8.80. The van der Waals surface area contributed by atoms with E-state index in [2.05, 4.69) is 4.98 Å². The van der Waals surface area contributed by atoms with Crippen LogP contribution in [0.3, 0.4) is 0 Å². The summed E-state index contributed by atoms with van der Waals surface area (Å²) in [5, 5.41) is 1.78. The Labute approximate surface area is 187 Å². The fraction of sp³-hybridized carbons (Fsp3) is 0.286. The highest BCUT2D eigenvalue weighted by atomic mass is 35.5. The van der Waals surface area contributed by atoms with Gasteiger partial charge in [0.25, 0.3) is 0 Å². The van der Waals surface area contributed by atoms with Gasteiger partial charge in [0.15, 0.2) is 15.0 Å². The largest absolute Gasteiger partial charge is 0.348 e. The zero-order valence-corrected chi connectivity index (χ0v) is 18.6. The molecule has 0 saturated carbocycles. The van der Waals surface area contributed by atoms with Gasteiger partial charge in [-0.2, -0.15) is 0 Å². The molecule has 0 N–H and O–H groups in total. The van der Waals surface area contributed by atoms with Gasteiger partial charge in [-0.3, -0.25) is 0 Å². The third-order valence-corrected chi connectivity index (χ3v) is 8.72. The molecule has 3 aromatic rings. The van der Waals surface area contributed by atoms with Crippen LogP contribution in [-0.4, -0.2) is 31.7 Å². The molecule has 1 fully saturated rings. The summed E-state index contributed by atoms with van der Waals surface area (Å²) >= 11 is 7.15. The Kier molecular flexibility index (Phi) is 6.27. The number of hydrogen-bond donors (Lipinski definition) is 0. The number of halogens is 4. The Bertz CT molecular complexity index is 1190. The topological polar surface area (TPSA) is 50.3 Å². The lowest BCUT2D eigenvalue weighted by Crippen LogP contribution is -2.39. The van der Waals surface area contributed by atoms with Crippen LogP contribution < -0.4 is 4.90 Å². The Morgan fingerprint density at radius 2 is 1.74 bits per heavy atom. The smallest absolute Gasteiger partial charge is 0.185 e. The van der Waals surface area contributed by atoms with Crippen molar-refractivity contribution in [3.05, 3.63) is 75.5 Å². The second-order valence-corrected chi connectivity index (χ2v) is 10.9. The van der Waals surface area contributed by atoms with Gasteiger partial charge < -0.3 is 4.90 Å². The van der Waals surface area contributed by atoms with Gasteiger partial charge in [0.1, 0.15) is 17.5 Å². The van der Waals surface area contributed by atoms with Crippen LogP contribution in [0.2, 0.25) is 5.02 Å². The van der Waals surface area contributed by atoms with Crippen molar-refractivity contribution in [3.63, 3.8) is 0 Å². The van der Waals surface area contributed by atoms with Crippen LogP contribution in [0.5, 0.6) is 0 Å². The molecule has 0 atom stereocenters. The lowest BCUT2D eigenvalue weighted by molar-refractivity contribution is 0.529. The van der Waals surface area contributed by atoms with Crippen LogP contribution >= 0.6 is 22.9 Å². The molecule has 164 valence electrons. The van der Waals surface area contributed by atoms with Crippen molar-refractivity contribution in [1.29, 1.82) is 0 Å². The predicted octanol–water partition coefficient (Wildman–Crippen LogP) is 5.25. The average Bonchev–Trinajstić information content (AvgIpc) is 3.17. The highest BCUT2D eigenvalue weighted by Gasteiger charge is 2.32. The van der Waals surface area contributed by atoms with Crippen molar-refractivity contribution in [2.24, 2.45) is 0 Å². The maximum Gasteiger partial charge on any atom is 0.185 e. The molecule has 0 unspecified atom stereocenters. The monoisotopic (exact) mass is 486 g/mol. The number of hydrogen-bond acceptors (Lipinski definition) is 5. The van der Waals surface area contributed by atoms with E-state index in [9.17, 15) is 21.6 Å². The van der Waals surface area contributed by atoms with Gasteiger partial charge in [-0.1, -0.05) is 11.6 Å². The fourth-order valence-electron chi connectivity index (χ4n) is 3.65. The molecule has 1 saturated heterocycles. The number of nitrogens with zero attached hydrogens (tertiary/aromatic N) is 2. The van der Waals surface area contributed by atoms with Crippen LogP contribution in [-0.2, 0) is 16.3 Å². The SMILES string of the molecule is O=S(=O)(c1ccc(F)c(Cl)c1)C1CCN(c2nc(Cc3cc(F)cc(F)c3)cs2)CC1. The molecule has 1 aliphatic heterocycles.